The molecule has 0 atom stereocenters. The third-order valence-electron chi connectivity index (χ3n) is 9.26. The Hall–Kier alpha value is -6.27. The van der Waals surface area contributed by atoms with Gasteiger partial charge in [-0.3, -0.25) is 9.11 Å². The monoisotopic (exact) mass is 756 g/mol. The molecule has 2 aliphatic carbocycles. The third kappa shape index (κ3) is 10.9. The lowest BCUT2D eigenvalue weighted by atomic mass is 9.88. The third-order valence-corrected chi connectivity index (χ3v) is 9.26. The first-order chi connectivity index (χ1) is 25.7. The fraction of sp³-hybridized carbons (Fsp3) is 0.136. The second kappa shape index (κ2) is 17.3. The second-order valence-electron chi connectivity index (χ2n) is 13.5. The summed E-state index contributed by atoms with van der Waals surface area (Å²) >= 11 is 0. The highest BCUT2D eigenvalue weighted by Gasteiger charge is 2.16. The molecule has 284 valence electrons. The van der Waals surface area contributed by atoms with Crippen molar-refractivity contribution in [2.75, 3.05) is 22.9 Å². The summed E-state index contributed by atoms with van der Waals surface area (Å²) in [5.74, 6) is 0. The Kier molecular flexibility index (Phi) is 13.0. The number of hydrogen-bond donors (Lipinski definition) is 8. The first-order valence-electron chi connectivity index (χ1n) is 17.3. The van der Waals surface area contributed by atoms with Gasteiger partial charge in [-0.2, -0.15) is 8.42 Å². The lowest BCUT2D eigenvalue weighted by Gasteiger charge is -2.17. The van der Waals surface area contributed by atoms with Crippen molar-refractivity contribution in [3.63, 3.8) is 0 Å². The summed E-state index contributed by atoms with van der Waals surface area (Å²) in [5.41, 5.74) is 43.2. The summed E-state index contributed by atoms with van der Waals surface area (Å²) in [6, 6.07) is 24.4. The van der Waals surface area contributed by atoms with Crippen molar-refractivity contribution < 1.29 is 17.5 Å². The number of hydrogen-bond acceptors (Lipinski definition) is 8. The van der Waals surface area contributed by atoms with Crippen LogP contribution in [0.4, 0.5) is 22.7 Å². The molecule has 0 radical (unpaired) electrons. The molecule has 0 amide bonds. The summed E-state index contributed by atoms with van der Waals surface area (Å²) in [7, 11) is -4.67. The van der Waals surface area contributed by atoms with Gasteiger partial charge in [0.25, 0.3) is 0 Å². The SMILES string of the molecule is CC1=CC(=C(c2ccc(N)c(C)c2)c2ccc(N)c(C)c2)C=CC1=N.CC1=CC(=C(c2ccc(N)c(C)c2)c2ccc(N)c(C)c2)C=CC1=N.O=S(=O)(O)O. The van der Waals surface area contributed by atoms with Crippen molar-refractivity contribution in [2.24, 2.45) is 0 Å². The molecule has 0 bridgehead atoms. The number of benzene rings is 4. The van der Waals surface area contributed by atoms with Crippen LogP contribution in [0, 0.1) is 38.5 Å². The van der Waals surface area contributed by atoms with Crippen molar-refractivity contribution in [2.45, 2.75) is 41.5 Å². The maximum absolute atomic E-state index is 8.74. The molecule has 55 heavy (non-hydrogen) atoms. The van der Waals surface area contributed by atoms with Crippen LogP contribution < -0.4 is 22.9 Å². The Morgan fingerprint density at radius 3 is 0.909 bits per heavy atom. The van der Waals surface area contributed by atoms with E-state index in [2.05, 4.69) is 36.4 Å². The van der Waals surface area contributed by atoms with Crippen LogP contribution in [-0.4, -0.2) is 28.9 Å². The van der Waals surface area contributed by atoms with E-state index in [0.29, 0.717) is 11.4 Å². The average molecular weight is 757 g/mol. The summed E-state index contributed by atoms with van der Waals surface area (Å²) in [4.78, 5) is 0. The highest BCUT2D eigenvalue weighted by atomic mass is 32.3. The van der Waals surface area contributed by atoms with E-state index in [1.165, 1.54) is 0 Å². The van der Waals surface area contributed by atoms with Crippen molar-refractivity contribution in [1.29, 1.82) is 10.8 Å². The zero-order chi connectivity index (χ0) is 40.8. The normalized spacial score (nSPS) is 13.6. The predicted octanol–water partition coefficient (Wildman–Crippen LogP) is 8.96. The Bertz CT molecular complexity index is 2230. The second-order valence-corrected chi connectivity index (χ2v) is 14.4. The van der Waals surface area contributed by atoms with E-state index in [4.69, 9.17) is 51.3 Å². The van der Waals surface area contributed by atoms with Crippen LogP contribution in [0.2, 0.25) is 0 Å². The topological polar surface area (TPSA) is 226 Å². The Balaban J connectivity index is 0.000000218. The molecule has 0 saturated heterocycles. The number of nitrogens with one attached hydrogen (secondary N) is 2. The van der Waals surface area contributed by atoms with Gasteiger partial charge in [0.1, 0.15) is 0 Å². The minimum absolute atomic E-state index is 0.546. The number of aryl methyl sites for hydroxylation is 4. The number of nitrogen functional groups attached to an aromatic ring is 4. The minimum Gasteiger partial charge on any atom is -0.399 e. The van der Waals surface area contributed by atoms with Crippen LogP contribution in [0.1, 0.15) is 58.4 Å². The smallest absolute Gasteiger partial charge is 0.394 e. The van der Waals surface area contributed by atoms with E-state index >= 15 is 0 Å². The van der Waals surface area contributed by atoms with Gasteiger partial charge in [-0.1, -0.05) is 36.4 Å². The van der Waals surface area contributed by atoms with Crippen molar-refractivity contribution in [3.05, 3.63) is 176 Å². The maximum atomic E-state index is 8.74. The molecular formula is C44H48N6O4S. The molecule has 0 heterocycles. The van der Waals surface area contributed by atoms with E-state index in [1.807, 2.05) is 114 Å². The first-order valence-corrected chi connectivity index (χ1v) is 18.7. The van der Waals surface area contributed by atoms with Crippen LogP contribution in [-0.2, 0) is 10.4 Å². The van der Waals surface area contributed by atoms with E-state index in [0.717, 1.165) is 101 Å². The molecule has 2 aliphatic rings. The standard InChI is InChI=1S/2C22H23N3.H2O4S/c2*1-13-10-16(4-7-19(13)23)22(17-5-8-20(24)14(2)11-17)18-6-9-21(25)15(3)12-18;1-5(2,3)4/h2*4-12,23H,24-25H2,1-3H3;(H2,1,2,3,4). The van der Waals surface area contributed by atoms with Crippen molar-refractivity contribution in [3.8, 4) is 0 Å². The fourth-order valence-electron chi connectivity index (χ4n) is 5.96. The molecule has 0 aromatic heterocycles. The Morgan fingerprint density at radius 1 is 0.473 bits per heavy atom. The number of nitrogens with two attached hydrogens (primary N) is 4. The van der Waals surface area contributed by atoms with Crippen LogP contribution in [0.25, 0.3) is 11.1 Å². The first kappa shape index (κ1) is 41.5. The van der Waals surface area contributed by atoms with Gasteiger partial charge in [0.05, 0.1) is 11.4 Å². The van der Waals surface area contributed by atoms with Crippen LogP contribution in [0.5, 0.6) is 0 Å². The van der Waals surface area contributed by atoms with Crippen LogP contribution >= 0.6 is 0 Å². The van der Waals surface area contributed by atoms with Gasteiger partial charge in [0, 0.05) is 22.7 Å². The molecule has 0 aliphatic heterocycles. The van der Waals surface area contributed by atoms with Crippen LogP contribution in [0.3, 0.4) is 0 Å². The summed E-state index contributed by atoms with van der Waals surface area (Å²) in [6.07, 6.45) is 11.8. The largest absolute Gasteiger partial charge is 0.399 e. The lowest BCUT2D eigenvalue weighted by Crippen LogP contribution is -2.02. The molecule has 4 aromatic rings. The van der Waals surface area contributed by atoms with Gasteiger partial charge in [-0.25, -0.2) is 0 Å². The lowest BCUT2D eigenvalue weighted by molar-refractivity contribution is 0.381. The predicted molar refractivity (Wildman–Crippen MR) is 230 cm³/mol. The molecule has 12 N–H and O–H groups in total. The van der Waals surface area contributed by atoms with E-state index in [9.17, 15) is 0 Å². The van der Waals surface area contributed by atoms with Gasteiger partial charge in [0.15, 0.2) is 0 Å². The molecule has 10 nitrogen and oxygen atoms in total. The number of allylic oxidation sites excluding steroid dienone is 10. The number of rotatable bonds is 4. The summed E-state index contributed by atoms with van der Waals surface area (Å²) in [5, 5.41) is 15.9. The Labute approximate surface area is 323 Å². The molecule has 6 rings (SSSR count). The summed E-state index contributed by atoms with van der Waals surface area (Å²) < 4.78 is 31.6. The van der Waals surface area contributed by atoms with E-state index in [1.54, 1.807) is 0 Å². The molecule has 0 saturated carbocycles. The van der Waals surface area contributed by atoms with Gasteiger partial charge < -0.3 is 33.8 Å². The van der Waals surface area contributed by atoms with E-state index in [-0.39, 0.29) is 0 Å². The molecular weight excluding hydrogens is 709 g/mol. The quantitative estimate of drug-likeness (QED) is 0.0739. The van der Waals surface area contributed by atoms with Gasteiger partial charge in [-0.05, 0) is 192 Å². The highest BCUT2D eigenvalue weighted by molar-refractivity contribution is 7.79. The zero-order valence-corrected chi connectivity index (χ0v) is 32.6. The molecule has 0 unspecified atom stereocenters. The molecule has 11 heteroatoms. The highest BCUT2D eigenvalue weighted by Crippen LogP contribution is 2.35. The zero-order valence-electron chi connectivity index (χ0n) is 31.8. The Morgan fingerprint density at radius 2 is 0.709 bits per heavy atom. The summed E-state index contributed by atoms with van der Waals surface area (Å²) in [6.45, 7) is 12.0. The van der Waals surface area contributed by atoms with Gasteiger partial charge in [-0.15, -0.1) is 0 Å². The van der Waals surface area contributed by atoms with Crippen molar-refractivity contribution >= 4 is 55.7 Å². The molecule has 0 fully saturated rings. The molecule has 0 spiro atoms. The minimum atomic E-state index is -4.67. The molecule has 4 aromatic carbocycles. The fourth-order valence-corrected chi connectivity index (χ4v) is 5.96. The van der Waals surface area contributed by atoms with Gasteiger partial charge >= 0.3 is 10.4 Å². The average Bonchev–Trinajstić information content (AvgIpc) is 3.10. The maximum Gasteiger partial charge on any atom is 0.394 e. The van der Waals surface area contributed by atoms with Gasteiger partial charge in [0.2, 0.25) is 0 Å². The van der Waals surface area contributed by atoms with Crippen molar-refractivity contribution in [1.82, 2.24) is 0 Å². The van der Waals surface area contributed by atoms with E-state index < -0.39 is 10.4 Å². The van der Waals surface area contributed by atoms with Crippen LogP contribution in [0.15, 0.2) is 132 Å². The number of anilines is 4.